The van der Waals surface area contributed by atoms with Crippen molar-refractivity contribution in [1.82, 2.24) is 0 Å². The number of benzene rings is 2. The average molecular weight is 239 g/mol. The van der Waals surface area contributed by atoms with Crippen LogP contribution in [0, 0.1) is 0 Å². The van der Waals surface area contributed by atoms with E-state index in [1.54, 1.807) is 12.1 Å². The minimum atomic E-state index is 0.122. The molecule has 0 N–H and O–H groups in total. The number of aryl methyl sites for hydroxylation is 2. The van der Waals surface area contributed by atoms with Crippen molar-refractivity contribution in [3.05, 3.63) is 65.7 Å². The fourth-order valence-electron chi connectivity index (χ4n) is 2.18. The van der Waals surface area contributed by atoms with E-state index in [1.807, 2.05) is 12.1 Å². The lowest BCUT2D eigenvalue weighted by Crippen LogP contribution is -1.88. The highest BCUT2D eigenvalue weighted by Crippen LogP contribution is 2.15. The quantitative estimate of drug-likeness (QED) is 0.646. The Morgan fingerprint density at radius 3 is 2.06 bits per heavy atom. The van der Waals surface area contributed by atoms with Crippen molar-refractivity contribution in [2.24, 2.45) is 0 Å². The first kappa shape index (κ1) is 12.7. The SMILES string of the molecule is [O]c1cccc(CCCCCc2ccccc2)c1. The molecule has 1 heteroatoms. The van der Waals surface area contributed by atoms with Gasteiger partial charge < -0.3 is 0 Å². The predicted octanol–water partition coefficient (Wildman–Crippen LogP) is 4.79. The predicted molar refractivity (Wildman–Crippen MR) is 74.3 cm³/mol. The van der Waals surface area contributed by atoms with Gasteiger partial charge in [0.05, 0.1) is 0 Å². The minimum absolute atomic E-state index is 0.122. The third kappa shape index (κ3) is 4.25. The number of unbranched alkanes of at least 4 members (excludes halogenated alkanes) is 2. The van der Waals surface area contributed by atoms with Gasteiger partial charge in [-0.2, -0.15) is 0 Å². The first-order valence-corrected chi connectivity index (χ1v) is 6.64. The maximum Gasteiger partial charge on any atom is 0.178 e. The molecule has 0 saturated carbocycles. The summed E-state index contributed by atoms with van der Waals surface area (Å²) in [5.41, 5.74) is 2.58. The molecule has 0 spiro atoms. The van der Waals surface area contributed by atoms with Crippen LogP contribution in [0.4, 0.5) is 0 Å². The van der Waals surface area contributed by atoms with E-state index in [-0.39, 0.29) is 5.75 Å². The van der Waals surface area contributed by atoms with Crippen LogP contribution in [0.25, 0.3) is 0 Å². The second-order valence-electron chi connectivity index (χ2n) is 4.69. The minimum Gasteiger partial charge on any atom is -0.290 e. The fourth-order valence-corrected chi connectivity index (χ4v) is 2.18. The van der Waals surface area contributed by atoms with Gasteiger partial charge in [-0.3, -0.25) is 5.11 Å². The molecule has 1 nitrogen and oxygen atoms in total. The zero-order valence-electron chi connectivity index (χ0n) is 10.6. The Labute approximate surface area is 109 Å². The first-order chi connectivity index (χ1) is 8.84. The summed E-state index contributed by atoms with van der Waals surface area (Å²) in [5.74, 6) is 0.122. The molecule has 0 aromatic heterocycles. The second-order valence-corrected chi connectivity index (χ2v) is 4.69. The Bertz CT molecular complexity index is 462. The molecule has 18 heavy (non-hydrogen) atoms. The maximum absolute atomic E-state index is 11.2. The standard InChI is InChI=1S/C17H19O/c18-17-13-7-12-16(14-17)11-6-2-5-10-15-8-3-1-4-9-15/h1,3-4,7-9,12-14H,2,5-6,10-11H2. The average Bonchev–Trinajstić information content (AvgIpc) is 2.40. The molecule has 0 amide bonds. The summed E-state index contributed by atoms with van der Waals surface area (Å²) in [5, 5.41) is 11.2. The van der Waals surface area contributed by atoms with E-state index in [0.717, 1.165) is 19.3 Å². The lowest BCUT2D eigenvalue weighted by atomic mass is 10.0. The van der Waals surface area contributed by atoms with Gasteiger partial charge in [0.15, 0.2) is 5.75 Å². The molecule has 0 fully saturated rings. The maximum atomic E-state index is 11.2. The molecule has 2 aromatic rings. The molecule has 0 aliphatic heterocycles. The van der Waals surface area contributed by atoms with Crippen molar-refractivity contribution >= 4 is 0 Å². The van der Waals surface area contributed by atoms with Crippen LogP contribution in [0.2, 0.25) is 0 Å². The van der Waals surface area contributed by atoms with Crippen molar-refractivity contribution in [3.63, 3.8) is 0 Å². The Kier molecular flexibility index (Phi) is 4.83. The van der Waals surface area contributed by atoms with Gasteiger partial charge in [-0.15, -0.1) is 0 Å². The monoisotopic (exact) mass is 239 g/mol. The number of hydrogen-bond acceptors (Lipinski definition) is 0. The zero-order valence-corrected chi connectivity index (χ0v) is 10.6. The Balaban J connectivity index is 1.65. The summed E-state index contributed by atoms with van der Waals surface area (Å²) < 4.78 is 0. The molecule has 0 aliphatic rings. The van der Waals surface area contributed by atoms with Crippen molar-refractivity contribution < 1.29 is 5.11 Å². The van der Waals surface area contributed by atoms with Crippen LogP contribution in [0.15, 0.2) is 54.6 Å². The summed E-state index contributed by atoms with van der Waals surface area (Å²) >= 11 is 0. The van der Waals surface area contributed by atoms with Gasteiger partial charge in [0.1, 0.15) is 0 Å². The van der Waals surface area contributed by atoms with E-state index < -0.39 is 0 Å². The van der Waals surface area contributed by atoms with Crippen molar-refractivity contribution in [3.8, 4) is 5.75 Å². The molecule has 1 radical (unpaired) electrons. The van der Waals surface area contributed by atoms with Gasteiger partial charge in [-0.1, -0.05) is 48.9 Å². The molecule has 0 saturated heterocycles. The van der Waals surface area contributed by atoms with Gasteiger partial charge in [-0.05, 0) is 48.9 Å². The van der Waals surface area contributed by atoms with Crippen molar-refractivity contribution in [2.45, 2.75) is 32.1 Å². The molecule has 0 heterocycles. The molecule has 2 aromatic carbocycles. The molecule has 0 aliphatic carbocycles. The molecular formula is C17H19O. The van der Waals surface area contributed by atoms with Gasteiger partial charge >= 0.3 is 0 Å². The smallest absolute Gasteiger partial charge is 0.178 e. The van der Waals surface area contributed by atoms with E-state index in [2.05, 4.69) is 30.3 Å². The summed E-state index contributed by atoms with van der Waals surface area (Å²) in [6, 6.07) is 17.8. The number of hydrogen-bond donors (Lipinski definition) is 0. The molecule has 93 valence electrons. The fraction of sp³-hybridized carbons (Fsp3) is 0.294. The summed E-state index contributed by atoms with van der Waals surface area (Å²) in [6.07, 6.45) is 5.78. The van der Waals surface area contributed by atoms with E-state index in [4.69, 9.17) is 0 Å². The first-order valence-electron chi connectivity index (χ1n) is 6.64. The lowest BCUT2D eigenvalue weighted by molar-refractivity contribution is 0.354. The molecule has 0 unspecified atom stereocenters. The van der Waals surface area contributed by atoms with Crippen LogP contribution in [-0.4, -0.2) is 0 Å². The summed E-state index contributed by atoms with van der Waals surface area (Å²) in [7, 11) is 0. The van der Waals surface area contributed by atoms with Crippen molar-refractivity contribution in [2.75, 3.05) is 0 Å². The largest absolute Gasteiger partial charge is 0.290 e. The van der Waals surface area contributed by atoms with E-state index >= 15 is 0 Å². The Hall–Kier alpha value is -1.76. The third-order valence-corrected chi connectivity index (χ3v) is 3.17. The van der Waals surface area contributed by atoms with E-state index in [9.17, 15) is 5.11 Å². The zero-order chi connectivity index (χ0) is 12.6. The van der Waals surface area contributed by atoms with Crippen LogP contribution >= 0.6 is 0 Å². The third-order valence-electron chi connectivity index (χ3n) is 3.17. The lowest BCUT2D eigenvalue weighted by Gasteiger charge is -2.02. The highest BCUT2D eigenvalue weighted by Gasteiger charge is 1.97. The molecule has 2 rings (SSSR count). The van der Waals surface area contributed by atoms with Crippen LogP contribution in [0.5, 0.6) is 5.75 Å². The summed E-state index contributed by atoms with van der Waals surface area (Å²) in [4.78, 5) is 0. The van der Waals surface area contributed by atoms with Crippen LogP contribution in [0.3, 0.4) is 0 Å². The van der Waals surface area contributed by atoms with E-state index in [0.29, 0.717) is 0 Å². The van der Waals surface area contributed by atoms with Gasteiger partial charge in [0, 0.05) is 0 Å². The van der Waals surface area contributed by atoms with Gasteiger partial charge in [0.25, 0.3) is 0 Å². The topological polar surface area (TPSA) is 19.9 Å². The van der Waals surface area contributed by atoms with Crippen molar-refractivity contribution in [1.29, 1.82) is 0 Å². The molecular weight excluding hydrogens is 220 g/mol. The number of rotatable bonds is 6. The second kappa shape index (κ2) is 6.85. The van der Waals surface area contributed by atoms with Crippen LogP contribution < -0.4 is 0 Å². The van der Waals surface area contributed by atoms with Crippen LogP contribution in [-0.2, 0) is 17.9 Å². The highest BCUT2D eigenvalue weighted by molar-refractivity contribution is 5.26. The molecule has 0 atom stereocenters. The van der Waals surface area contributed by atoms with Gasteiger partial charge in [0.2, 0.25) is 0 Å². The van der Waals surface area contributed by atoms with Gasteiger partial charge in [-0.25, -0.2) is 0 Å². The van der Waals surface area contributed by atoms with Crippen LogP contribution in [0.1, 0.15) is 30.4 Å². The Morgan fingerprint density at radius 2 is 1.33 bits per heavy atom. The normalized spacial score (nSPS) is 10.4. The summed E-state index contributed by atoms with van der Waals surface area (Å²) in [6.45, 7) is 0. The molecule has 0 bridgehead atoms. The highest BCUT2D eigenvalue weighted by atomic mass is 16.3. The van der Waals surface area contributed by atoms with E-state index in [1.165, 1.54) is 24.0 Å². The Morgan fingerprint density at radius 1 is 0.667 bits per heavy atom.